The van der Waals surface area contributed by atoms with Crippen molar-refractivity contribution in [3.63, 3.8) is 0 Å². The van der Waals surface area contributed by atoms with Crippen molar-refractivity contribution in [1.29, 1.82) is 0 Å². The lowest BCUT2D eigenvalue weighted by Crippen LogP contribution is -2.36. The van der Waals surface area contributed by atoms with E-state index in [-0.39, 0.29) is 18.2 Å². The zero-order valence-corrected chi connectivity index (χ0v) is 11.1. The maximum Gasteiger partial charge on any atom is 0.119 e. The van der Waals surface area contributed by atoms with Crippen LogP contribution in [0.2, 0.25) is 0 Å². The molecule has 0 saturated carbocycles. The van der Waals surface area contributed by atoms with E-state index in [0.29, 0.717) is 0 Å². The van der Waals surface area contributed by atoms with Gasteiger partial charge >= 0.3 is 0 Å². The van der Waals surface area contributed by atoms with Crippen molar-refractivity contribution in [2.75, 3.05) is 6.61 Å². The highest BCUT2D eigenvalue weighted by Gasteiger charge is 2.26. The molecule has 1 heterocycles. The van der Waals surface area contributed by atoms with Gasteiger partial charge in [0.2, 0.25) is 0 Å². The van der Waals surface area contributed by atoms with Crippen LogP contribution in [0.25, 0.3) is 0 Å². The fourth-order valence-electron chi connectivity index (χ4n) is 2.31. The van der Waals surface area contributed by atoms with E-state index in [1.54, 1.807) is 0 Å². The second-order valence-electron chi connectivity index (χ2n) is 4.93. The van der Waals surface area contributed by atoms with E-state index in [2.05, 4.69) is 5.43 Å². The third-order valence-electron chi connectivity index (χ3n) is 3.13. The molecule has 2 unspecified atom stereocenters. The van der Waals surface area contributed by atoms with Gasteiger partial charge in [0.1, 0.15) is 5.75 Å². The molecule has 0 radical (unpaired) electrons. The van der Waals surface area contributed by atoms with Crippen LogP contribution in [-0.4, -0.2) is 18.8 Å². The molecule has 0 aliphatic carbocycles. The second-order valence-corrected chi connectivity index (χ2v) is 4.93. The molecular weight excluding hydrogens is 228 g/mol. The van der Waals surface area contributed by atoms with Gasteiger partial charge in [-0.25, -0.2) is 0 Å². The predicted octanol–water partition coefficient (Wildman–Crippen LogP) is 2.16. The molecule has 1 aliphatic rings. The molecule has 0 aromatic heterocycles. The number of hydrogen-bond donors (Lipinski definition) is 2. The molecule has 0 amide bonds. The Balaban J connectivity index is 2.06. The summed E-state index contributed by atoms with van der Waals surface area (Å²) in [6.45, 7) is 4.87. The molecule has 0 spiro atoms. The first-order valence-corrected chi connectivity index (χ1v) is 6.55. The van der Waals surface area contributed by atoms with Crippen molar-refractivity contribution in [2.45, 2.75) is 44.9 Å². The molecule has 1 aliphatic heterocycles. The summed E-state index contributed by atoms with van der Waals surface area (Å²) in [5.74, 6) is 6.53. The van der Waals surface area contributed by atoms with Gasteiger partial charge in [-0.3, -0.25) is 11.3 Å². The van der Waals surface area contributed by atoms with Gasteiger partial charge in [-0.1, -0.05) is 12.1 Å². The lowest BCUT2D eigenvalue weighted by atomic mass is 10.00. The van der Waals surface area contributed by atoms with E-state index in [9.17, 15) is 0 Å². The van der Waals surface area contributed by atoms with E-state index in [1.807, 2.05) is 38.1 Å². The fraction of sp³-hybridized carbons (Fsp3) is 0.571. The third kappa shape index (κ3) is 3.22. The average molecular weight is 250 g/mol. The molecule has 2 atom stereocenters. The van der Waals surface area contributed by atoms with Crippen LogP contribution in [0.1, 0.15) is 38.3 Å². The van der Waals surface area contributed by atoms with Crippen LogP contribution in [0.15, 0.2) is 24.3 Å². The smallest absolute Gasteiger partial charge is 0.119 e. The maximum atomic E-state index is 5.68. The molecule has 4 heteroatoms. The van der Waals surface area contributed by atoms with E-state index in [1.165, 1.54) is 0 Å². The lowest BCUT2D eigenvalue weighted by Gasteiger charge is -2.22. The molecule has 100 valence electrons. The maximum absolute atomic E-state index is 5.68. The largest absolute Gasteiger partial charge is 0.491 e. The predicted molar refractivity (Wildman–Crippen MR) is 71.2 cm³/mol. The first kappa shape index (κ1) is 13.3. The number of nitrogens with one attached hydrogen (secondary N) is 1. The molecule has 2 rings (SSSR count). The van der Waals surface area contributed by atoms with Gasteiger partial charge in [0.05, 0.1) is 18.2 Å². The summed E-state index contributed by atoms with van der Waals surface area (Å²) in [6, 6.07) is 8.11. The Hall–Kier alpha value is -1.10. The van der Waals surface area contributed by atoms with Gasteiger partial charge in [-0.05, 0) is 44.4 Å². The zero-order valence-electron chi connectivity index (χ0n) is 11.1. The first-order valence-electron chi connectivity index (χ1n) is 6.55. The third-order valence-corrected chi connectivity index (χ3v) is 3.13. The van der Waals surface area contributed by atoms with Crippen molar-refractivity contribution in [1.82, 2.24) is 5.43 Å². The Morgan fingerprint density at radius 2 is 2.06 bits per heavy atom. The summed E-state index contributed by atoms with van der Waals surface area (Å²) in [4.78, 5) is 0. The topological polar surface area (TPSA) is 56.5 Å². The number of nitrogens with two attached hydrogens (primary N) is 1. The van der Waals surface area contributed by atoms with Gasteiger partial charge in [0.15, 0.2) is 0 Å². The number of benzene rings is 1. The average Bonchev–Trinajstić information content (AvgIpc) is 2.85. The number of rotatable bonds is 5. The van der Waals surface area contributed by atoms with Gasteiger partial charge in [0, 0.05) is 6.61 Å². The van der Waals surface area contributed by atoms with Crippen LogP contribution in [-0.2, 0) is 4.74 Å². The van der Waals surface area contributed by atoms with E-state index in [4.69, 9.17) is 15.3 Å². The van der Waals surface area contributed by atoms with Crippen molar-refractivity contribution in [3.8, 4) is 5.75 Å². The van der Waals surface area contributed by atoms with Crippen LogP contribution < -0.4 is 16.0 Å². The van der Waals surface area contributed by atoms with Gasteiger partial charge < -0.3 is 9.47 Å². The molecule has 1 aromatic carbocycles. The van der Waals surface area contributed by atoms with Crippen molar-refractivity contribution in [3.05, 3.63) is 29.8 Å². The van der Waals surface area contributed by atoms with Crippen molar-refractivity contribution < 1.29 is 9.47 Å². The normalized spacial score (nSPS) is 21.2. The van der Waals surface area contributed by atoms with Gasteiger partial charge in [0.25, 0.3) is 0 Å². The van der Waals surface area contributed by atoms with E-state index in [0.717, 1.165) is 30.8 Å². The summed E-state index contributed by atoms with van der Waals surface area (Å²) in [5, 5.41) is 0. The lowest BCUT2D eigenvalue weighted by molar-refractivity contribution is 0.0783. The van der Waals surface area contributed by atoms with Crippen LogP contribution >= 0.6 is 0 Å². The molecule has 1 fully saturated rings. The number of ether oxygens (including phenoxy) is 2. The second kappa shape index (κ2) is 6.18. The Labute approximate surface area is 108 Å². The first-order chi connectivity index (χ1) is 8.70. The summed E-state index contributed by atoms with van der Waals surface area (Å²) < 4.78 is 11.3. The minimum absolute atomic E-state index is 0.0561. The minimum Gasteiger partial charge on any atom is -0.491 e. The van der Waals surface area contributed by atoms with Gasteiger partial charge in [-0.15, -0.1) is 0 Å². The standard InChI is InChI=1S/C14H22N2O2/c1-10(2)18-12-7-5-11(6-8-12)14(16-15)13-4-3-9-17-13/h5-8,10,13-14,16H,3-4,9,15H2,1-2H3. The highest BCUT2D eigenvalue weighted by atomic mass is 16.5. The van der Waals surface area contributed by atoms with Gasteiger partial charge in [-0.2, -0.15) is 0 Å². The van der Waals surface area contributed by atoms with Crippen LogP contribution in [0.3, 0.4) is 0 Å². The highest BCUT2D eigenvalue weighted by molar-refractivity contribution is 5.30. The molecule has 1 aromatic rings. The summed E-state index contributed by atoms with van der Waals surface area (Å²) in [7, 11) is 0. The van der Waals surface area contributed by atoms with Crippen molar-refractivity contribution in [2.24, 2.45) is 5.84 Å². The highest BCUT2D eigenvalue weighted by Crippen LogP contribution is 2.27. The van der Waals surface area contributed by atoms with E-state index < -0.39 is 0 Å². The van der Waals surface area contributed by atoms with Crippen LogP contribution in [0, 0.1) is 0 Å². The monoisotopic (exact) mass is 250 g/mol. The van der Waals surface area contributed by atoms with Crippen LogP contribution in [0.4, 0.5) is 0 Å². The molecule has 18 heavy (non-hydrogen) atoms. The Kier molecular flexibility index (Phi) is 4.58. The van der Waals surface area contributed by atoms with E-state index >= 15 is 0 Å². The van der Waals surface area contributed by atoms with Crippen molar-refractivity contribution >= 4 is 0 Å². The Morgan fingerprint density at radius 1 is 1.33 bits per heavy atom. The minimum atomic E-state index is 0.0561. The zero-order chi connectivity index (χ0) is 13.0. The number of hydrogen-bond acceptors (Lipinski definition) is 4. The SMILES string of the molecule is CC(C)Oc1ccc(C(NN)C2CCCO2)cc1. The summed E-state index contributed by atoms with van der Waals surface area (Å²) >= 11 is 0. The summed E-state index contributed by atoms with van der Waals surface area (Å²) in [5.41, 5.74) is 3.99. The molecule has 1 saturated heterocycles. The number of hydrazine groups is 1. The summed E-state index contributed by atoms with van der Waals surface area (Å²) in [6.07, 6.45) is 2.53. The fourth-order valence-corrected chi connectivity index (χ4v) is 2.31. The Morgan fingerprint density at radius 3 is 2.56 bits per heavy atom. The Bertz CT molecular complexity index is 359. The molecule has 4 nitrogen and oxygen atoms in total. The molecule has 0 bridgehead atoms. The quantitative estimate of drug-likeness (QED) is 0.621. The van der Waals surface area contributed by atoms with Crippen LogP contribution in [0.5, 0.6) is 5.75 Å². The molecule has 3 N–H and O–H groups in total. The molecular formula is C14H22N2O2.